The maximum Gasteiger partial charge on any atom is 0.111 e. The first kappa shape index (κ1) is 30.8. The first-order valence-corrected chi connectivity index (χ1v) is 14.0. The molecule has 4 N–H and O–H groups in total. The van der Waals surface area contributed by atoms with Crippen molar-refractivity contribution in [3.8, 4) is 0 Å². The number of ether oxygens (including phenoxy) is 2. The van der Waals surface area contributed by atoms with E-state index in [2.05, 4.69) is 6.92 Å². The SMILES string of the molecule is CCCCCCCCCCCCCCCCCCCCOCC1OC(CO)C(O)C(O)C1O. The predicted molar refractivity (Wildman–Crippen MR) is 133 cm³/mol. The van der Waals surface area contributed by atoms with Gasteiger partial charge >= 0.3 is 0 Å². The molecule has 5 atom stereocenters. The van der Waals surface area contributed by atoms with Crippen LogP contribution < -0.4 is 0 Å². The normalized spacial score (nSPS) is 25.5. The van der Waals surface area contributed by atoms with Crippen LogP contribution in [0.4, 0.5) is 0 Å². The molecule has 33 heavy (non-hydrogen) atoms. The molecule has 198 valence electrons. The third kappa shape index (κ3) is 14.7. The lowest BCUT2D eigenvalue weighted by Crippen LogP contribution is -2.59. The van der Waals surface area contributed by atoms with Crippen LogP contribution in [0, 0.1) is 0 Å². The molecule has 6 heteroatoms. The second kappa shape index (κ2) is 21.1. The fraction of sp³-hybridized carbons (Fsp3) is 1.00. The summed E-state index contributed by atoms with van der Waals surface area (Å²) in [5.74, 6) is 0. The van der Waals surface area contributed by atoms with E-state index in [-0.39, 0.29) is 6.61 Å². The van der Waals surface area contributed by atoms with Crippen molar-refractivity contribution in [3.63, 3.8) is 0 Å². The highest BCUT2D eigenvalue weighted by Gasteiger charge is 2.43. The molecule has 1 rings (SSSR count). The van der Waals surface area contributed by atoms with E-state index in [9.17, 15) is 20.4 Å². The Bertz CT molecular complexity index is 419. The molecule has 1 heterocycles. The Morgan fingerprint density at radius 1 is 0.545 bits per heavy atom. The molecular weight excluding hydrogens is 420 g/mol. The molecule has 0 spiro atoms. The lowest BCUT2D eigenvalue weighted by Gasteiger charge is -2.39. The zero-order chi connectivity index (χ0) is 24.2. The van der Waals surface area contributed by atoms with Gasteiger partial charge in [-0.05, 0) is 6.42 Å². The minimum atomic E-state index is -1.32. The summed E-state index contributed by atoms with van der Waals surface area (Å²) in [5, 5.41) is 38.8. The summed E-state index contributed by atoms with van der Waals surface area (Å²) in [6, 6.07) is 0. The van der Waals surface area contributed by atoms with Gasteiger partial charge < -0.3 is 29.9 Å². The molecule has 6 nitrogen and oxygen atoms in total. The van der Waals surface area contributed by atoms with Gasteiger partial charge in [0.25, 0.3) is 0 Å². The molecule has 1 aliphatic heterocycles. The van der Waals surface area contributed by atoms with Crippen molar-refractivity contribution in [3.05, 3.63) is 0 Å². The van der Waals surface area contributed by atoms with Gasteiger partial charge in [-0.25, -0.2) is 0 Å². The Balaban J connectivity index is 1.80. The molecule has 1 fully saturated rings. The number of unbranched alkanes of at least 4 members (excludes halogenated alkanes) is 17. The van der Waals surface area contributed by atoms with Crippen molar-refractivity contribution in [2.75, 3.05) is 19.8 Å². The smallest absolute Gasteiger partial charge is 0.111 e. The Kier molecular flexibility index (Phi) is 19.7. The highest BCUT2D eigenvalue weighted by Crippen LogP contribution is 2.21. The summed E-state index contributed by atoms with van der Waals surface area (Å²) in [5.41, 5.74) is 0. The standard InChI is InChI=1S/C27H54O6/c1-2-3-4-5-6-7-8-9-10-11-12-13-14-15-16-17-18-19-20-32-22-24-26(30)27(31)25(29)23(21-28)33-24/h23-31H,2-22H2,1H3. The number of aliphatic hydroxyl groups is 4. The molecule has 0 aromatic heterocycles. The maximum absolute atomic E-state index is 9.98. The first-order chi connectivity index (χ1) is 16.1. The van der Waals surface area contributed by atoms with E-state index in [0.29, 0.717) is 6.61 Å². The monoisotopic (exact) mass is 474 g/mol. The van der Waals surface area contributed by atoms with Gasteiger partial charge in [0.15, 0.2) is 0 Å². The number of aliphatic hydroxyl groups excluding tert-OH is 4. The Morgan fingerprint density at radius 3 is 1.36 bits per heavy atom. The Morgan fingerprint density at radius 2 is 0.939 bits per heavy atom. The fourth-order valence-corrected chi connectivity index (χ4v) is 4.62. The minimum absolute atomic E-state index is 0.153. The maximum atomic E-state index is 9.98. The highest BCUT2D eigenvalue weighted by molar-refractivity contribution is 4.91. The van der Waals surface area contributed by atoms with Crippen LogP contribution in [-0.4, -0.2) is 70.8 Å². The van der Waals surface area contributed by atoms with Gasteiger partial charge in [0.1, 0.15) is 30.5 Å². The van der Waals surface area contributed by atoms with E-state index >= 15 is 0 Å². The van der Waals surface area contributed by atoms with E-state index < -0.39 is 37.1 Å². The summed E-state index contributed by atoms with van der Waals surface area (Å²) in [7, 11) is 0. The lowest BCUT2D eigenvalue weighted by molar-refractivity contribution is -0.239. The third-order valence-corrected chi connectivity index (χ3v) is 6.92. The van der Waals surface area contributed by atoms with Crippen LogP contribution in [0.1, 0.15) is 122 Å². The van der Waals surface area contributed by atoms with Crippen LogP contribution in [-0.2, 0) is 9.47 Å². The molecule has 0 radical (unpaired) electrons. The quantitative estimate of drug-likeness (QED) is 0.167. The average molecular weight is 475 g/mol. The lowest BCUT2D eigenvalue weighted by atomic mass is 9.95. The van der Waals surface area contributed by atoms with Gasteiger partial charge in [-0.3, -0.25) is 0 Å². The van der Waals surface area contributed by atoms with Crippen molar-refractivity contribution < 1.29 is 29.9 Å². The molecule has 0 aromatic rings. The van der Waals surface area contributed by atoms with Gasteiger partial charge in [-0.1, -0.05) is 116 Å². The Hall–Kier alpha value is -0.240. The molecule has 5 unspecified atom stereocenters. The van der Waals surface area contributed by atoms with Crippen molar-refractivity contribution in [1.82, 2.24) is 0 Å². The number of hydrogen-bond donors (Lipinski definition) is 4. The zero-order valence-electron chi connectivity index (χ0n) is 21.3. The van der Waals surface area contributed by atoms with Crippen LogP contribution >= 0.6 is 0 Å². The summed E-state index contributed by atoms with van der Waals surface area (Å²) in [6.07, 6.45) is 18.8. The predicted octanol–water partition coefficient (Wildman–Crippen LogP) is 4.89. The van der Waals surface area contributed by atoms with E-state index in [1.165, 1.54) is 103 Å². The number of rotatable bonds is 22. The molecule has 1 aliphatic rings. The summed E-state index contributed by atoms with van der Waals surface area (Å²) in [4.78, 5) is 0. The average Bonchev–Trinajstić information content (AvgIpc) is 2.82. The number of hydrogen-bond acceptors (Lipinski definition) is 6. The van der Waals surface area contributed by atoms with Gasteiger partial charge in [0, 0.05) is 6.61 Å². The molecule has 0 saturated carbocycles. The van der Waals surface area contributed by atoms with Crippen molar-refractivity contribution in [2.45, 2.75) is 153 Å². The summed E-state index contributed by atoms with van der Waals surface area (Å²) in [6.45, 7) is 2.62. The topological polar surface area (TPSA) is 99.4 Å². The van der Waals surface area contributed by atoms with Crippen LogP contribution in [0.5, 0.6) is 0 Å². The van der Waals surface area contributed by atoms with E-state index in [1.807, 2.05) is 0 Å². The Labute approximate surface area is 203 Å². The van der Waals surface area contributed by atoms with E-state index in [1.54, 1.807) is 0 Å². The molecule has 1 saturated heterocycles. The van der Waals surface area contributed by atoms with Crippen LogP contribution in [0.25, 0.3) is 0 Å². The molecule has 0 aliphatic carbocycles. The second-order valence-corrected chi connectivity index (χ2v) is 9.95. The van der Waals surface area contributed by atoms with Crippen LogP contribution in [0.15, 0.2) is 0 Å². The third-order valence-electron chi connectivity index (χ3n) is 6.92. The second-order valence-electron chi connectivity index (χ2n) is 9.95. The van der Waals surface area contributed by atoms with Crippen molar-refractivity contribution >= 4 is 0 Å². The summed E-state index contributed by atoms with van der Waals surface area (Å²) >= 11 is 0. The highest BCUT2D eigenvalue weighted by atomic mass is 16.6. The van der Waals surface area contributed by atoms with Crippen molar-refractivity contribution in [2.24, 2.45) is 0 Å². The van der Waals surface area contributed by atoms with E-state index in [0.717, 1.165) is 12.8 Å². The van der Waals surface area contributed by atoms with Gasteiger partial charge in [0.2, 0.25) is 0 Å². The van der Waals surface area contributed by atoms with Gasteiger partial charge in [-0.2, -0.15) is 0 Å². The minimum Gasteiger partial charge on any atom is -0.394 e. The van der Waals surface area contributed by atoms with Gasteiger partial charge in [0.05, 0.1) is 13.2 Å². The molecule has 0 bridgehead atoms. The van der Waals surface area contributed by atoms with Crippen molar-refractivity contribution in [1.29, 1.82) is 0 Å². The molecule has 0 aromatic carbocycles. The first-order valence-electron chi connectivity index (χ1n) is 14.0. The fourth-order valence-electron chi connectivity index (χ4n) is 4.62. The molecule has 0 amide bonds. The van der Waals surface area contributed by atoms with E-state index in [4.69, 9.17) is 9.47 Å². The largest absolute Gasteiger partial charge is 0.394 e. The van der Waals surface area contributed by atoms with Gasteiger partial charge in [-0.15, -0.1) is 0 Å². The van der Waals surface area contributed by atoms with Crippen LogP contribution in [0.3, 0.4) is 0 Å². The summed E-state index contributed by atoms with van der Waals surface area (Å²) < 4.78 is 11.0. The zero-order valence-corrected chi connectivity index (χ0v) is 21.3. The molecular formula is C27H54O6. The van der Waals surface area contributed by atoms with Crippen LogP contribution in [0.2, 0.25) is 0 Å².